The molecular weight excluding hydrogens is 356 g/mol. The number of carbonyl (C=O) groups excluding carboxylic acids is 1. The molecule has 0 fully saturated rings. The van der Waals surface area contributed by atoms with Gasteiger partial charge in [-0.05, 0) is 55.0 Å². The summed E-state index contributed by atoms with van der Waals surface area (Å²) in [5.41, 5.74) is 5.73. The second kappa shape index (κ2) is 8.70. The Morgan fingerprint density at radius 2 is 1.66 bits per heavy atom. The number of nitrogens with zero attached hydrogens (tertiary/aromatic N) is 1. The molecule has 0 spiro atoms. The van der Waals surface area contributed by atoms with Gasteiger partial charge in [0.25, 0.3) is 5.91 Å². The average molecular weight is 380 g/mol. The first-order valence-electron chi connectivity index (χ1n) is 10.00. The maximum absolute atomic E-state index is 13.2. The lowest BCUT2D eigenvalue weighted by Crippen LogP contribution is -2.16. The second-order valence-electron chi connectivity index (χ2n) is 7.28. The van der Waals surface area contributed by atoms with Crippen molar-refractivity contribution in [2.24, 2.45) is 0 Å². The molecule has 0 atom stereocenters. The van der Waals surface area contributed by atoms with Crippen LogP contribution in [0.3, 0.4) is 0 Å². The highest BCUT2D eigenvalue weighted by Crippen LogP contribution is 2.23. The Balaban J connectivity index is 1.55. The van der Waals surface area contributed by atoms with Crippen LogP contribution in [0, 0.1) is 6.92 Å². The quantitative estimate of drug-likeness (QED) is 0.448. The van der Waals surface area contributed by atoms with Crippen molar-refractivity contribution in [3.8, 4) is 0 Å². The largest absolute Gasteiger partial charge is 0.320 e. The molecule has 0 saturated carbocycles. The molecule has 1 amide bonds. The SMILES string of the molecule is Cc1cccc(CCCc2ccccc2)c1C(=O)Nc1cccc2cccnc12. The number of hydrogen-bond donors (Lipinski definition) is 1. The molecule has 3 aromatic carbocycles. The summed E-state index contributed by atoms with van der Waals surface area (Å²) in [7, 11) is 0. The number of nitrogens with one attached hydrogen (secondary N) is 1. The van der Waals surface area contributed by atoms with Gasteiger partial charge in [0.2, 0.25) is 0 Å². The average Bonchev–Trinajstić information content (AvgIpc) is 2.75. The van der Waals surface area contributed by atoms with E-state index in [1.165, 1.54) is 5.56 Å². The van der Waals surface area contributed by atoms with E-state index in [1.54, 1.807) is 6.20 Å². The van der Waals surface area contributed by atoms with Gasteiger partial charge in [-0.2, -0.15) is 0 Å². The van der Waals surface area contributed by atoms with Gasteiger partial charge in [0.05, 0.1) is 11.2 Å². The Hall–Kier alpha value is -3.46. The zero-order chi connectivity index (χ0) is 20.1. The topological polar surface area (TPSA) is 42.0 Å². The van der Waals surface area contributed by atoms with Gasteiger partial charge < -0.3 is 5.32 Å². The summed E-state index contributed by atoms with van der Waals surface area (Å²) in [6.45, 7) is 2.00. The van der Waals surface area contributed by atoms with E-state index in [4.69, 9.17) is 0 Å². The number of aromatic nitrogens is 1. The fourth-order valence-corrected chi connectivity index (χ4v) is 3.78. The fraction of sp³-hybridized carbons (Fsp3) is 0.154. The molecule has 29 heavy (non-hydrogen) atoms. The van der Waals surface area contributed by atoms with Gasteiger partial charge >= 0.3 is 0 Å². The minimum Gasteiger partial charge on any atom is -0.320 e. The van der Waals surface area contributed by atoms with Crippen molar-refractivity contribution >= 4 is 22.5 Å². The first-order valence-corrected chi connectivity index (χ1v) is 10.00. The highest BCUT2D eigenvalue weighted by molar-refractivity contribution is 6.09. The lowest BCUT2D eigenvalue weighted by atomic mass is 9.96. The third kappa shape index (κ3) is 4.35. The molecule has 0 saturated heterocycles. The van der Waals surface area contributed by atoms with E-state index in [-0.39, 0.29) is 5.91 Å². The molecule has 1 N–H and O–H groups in total. The predicted molar refractivity (Wildman–Crippen MR) is 119 cm³/mol. The van der Waals surface area contributed by atoms with Crippen LogP contribution in [0.15, 0.2) is 85.1 Å². The first kappa shape index (κ1) is 18.9. The number of carbonyl (C=O) groups is 1. The number of anilines is 1. The molecule has 1 aromatic heterocycles. The number of hydrogen-bond acceptors (Lipinski definition) is 2. The Morgan fingerprint density at radius 3 is 2.52 bits per heavy atom. The predicted octanol–water partition coefficient (Wildman–Crippen LogP) is 5.97. The third-order valence-electron chi connectivity index (χ3n) is 5.22. The Bertz CT molecular complexity index is 1130. The molecule has 144 valence electrons. The van der Waals surface area contributed by atoms with Crippen molar-refractivity contribution in [2.75, 3.05) is 5.32 Å². The van der Waals surface area contributed by atoms with Crippen molar-refractivity contribution in [3.63, 3.8) is 0 Å². The smallest absolute Gasteiger partial charge is 0.256 e. The summed E-state index contributed by atoms with van der Waals surface area (Å²) < 4.78 is 0. The van der Waals surface area contributed by atoms with E-state index in [9.17, 15) is 4.79 Å². The normalized spacial score (nSPS) is 10.8. The van der Waals surface area contributed by atoms with Gasteiger partial charge in [0.15, 0.2) is 0 Å². The van der Waals surface area contributed by atoms with Crippen LogP contribution in [0.4, 0.5) is 5.69 Å². The van der Waals surface area contributed by atoms with E-state index in [0.29, 0.717) is 0 Å². The summed E-state index contributed by atoms with van der Waals surface area (Å²) in [5.74, 6) is -0.0732. The van der Waals surface area contributed by atoms with Crippen LogP contribution < -0.4 is 5.32 Å². The van der Waals surface area contributed by atoms with Crippen LogP contribution in [0.1, 0.15) is 33.5 Å². The Morgan fingerprint density at radius 1 is 0.862 bits per heavy atom. The molecule has 1 heterocycles. The molecule has 0 bridgehead atoms. The van der Waals surface area contributed by atoms with Crippen molar-refractivity contribution in [2.45, 2.75) is 26.2 Å². The van der Waals surface area contributed by atoms with Gasteiger partial charge in [0, 0.05) is 17.1 Å². The number of pyridine rings is 1. The summed E-state index contributed by atoms with van der Waals surface area (Å²) in [6, 6.07) is 26.3. The highest BCUT2D eigenvalue weighted by atomic mass is 16.1. The van der Waals surface area contributed by atoms with E-state index in [1.807, 2.05) is 55.5 Å². The zero-order valence-corrected chi connectivity index (χ0v) is 16.6. The van der Waals surface area contributed by atoms with E-state index in [2.05, 4.69) is 40.6 Å². The minimum atomic E-state index is -0.0732. The maximum atomic E-state index is 13.2. The molecule has 0 aliphatic carbocycles. The summed E-state index contributed by atoms with van der Waals surface area (Å²) >= 11 is 0. The third-order valence-corrected chi connectivity index (χ3v) is 5.22. The number of aryl methyl sites for hydroxylation is 3. The molecule has 4 rings (SSSR count). The lowest BCUT2D eigenvalue weighted by molar-refractivity contribution is 0.102. The molecule has 0 unspecified atom stereocenters. The zero-order valence-electron chi connectivity index (χ0n) is 16.6. The number of benzene rings is 3. The highest BCUT2D eigenvalue weighted by Gasteiger charge is 2.15. The number of para-hydroxylation sites is 1. The van der Waals surface area contributed by atoms with Gasteiger partial charge in [-0.3, -0.25) is 9.78 Å². The minimum absolute atomic E-state index is 0.0732. The molecule has 4 aromatic rings. The number of rotatable bonds is 6. The molecule has 0 radical (unpaired) electrons. The van der Waals surface area contributed by atoms with Crippen LogP contribution in [-0.4, -0.2) is 10.9 Å². The van der Waals surface area contributed by atoms with Crippen molar-refractivity contribution in [3.05, 3.63) is 107 Å². The van der Waals surface area contributed by atoms with Crippen molar-refractivity contribution in [1.29, 1.82) is 0 Å². The molecule has 0 aliphatic heterocycles. The van der Waals surface area contributed by atoms with E-state index in [0.717, 1.165) is 52.5 Å². The molecule has 3 heteroatoms. The molecule has 0 aliphatic rings. The van der Waals surface area contributed by atoms with Gasteiger partial charge in [-0.1, -0.05) is 66.7 Å². The Labute approximate surface area is 171 Å². The van der Waals surface area contributed by atoms with Crippen molar-refractivity contribution in [1.82, 2.24) is 4.98 Å². The van der Waals surface area contributed by atoms with Crippen LogP contribution in [-0.2, 0) is 12.8 Å². The standard InChI is InChI=1S/C26H24N2O/c1-19-9-5-13-21(14-6-12-20-10-3-2-4-11-20)24(19)26(29)28-23-17-7-15-22-16-8-18-27-25(22)23/h2-5,7-11,13,15-18H,6,12,14H2,1H3,(H,28,29). The molecule has 3 nitrogen and oxygen atoms in total. The fourth-order valence-electron chi connectivity index (χ4n) is 3.78. The number of amides is 1. The number of fused-ring (bicyclic) bond motifs is 1. The van der Waals surface area contributed by atoms with Gasteiger partial charge in [-0.25, -0.2) is 0 Å². The lowest BCUT2D eigenvalue weighted by Gasteiger charge is -2.14. The summed E-state index contributed by atoms with van der Waals surface area (Å²) in [5, 5.41) is 4.10. The van der Waals surface area contributed by atoms with Crippen LogP contribution in [0.5, 0.6) is 0 Å². The van der Waals surface area contributed by atoms with Crippen LogP contribution in [0.2, 0.25) is 0 Å². The summed E-state index contributed by atoms with van der Waals surface area (Å²) in [6.07, 6.45) is 4.63. The Kier molecular flexibility index (Phi) is 5.66. The van der Waals surface area contributed by atoms with Gasteiger partial charge in [0.1, 0.15) is 0 Å². The summed E-state index contributed by atoms with van der Waals surface area (Å²) in [4.78, 5) is 17.6. The van der Waals surface area contributed by atoms with Gasteiger partial charge in [-0.15, -0.1) is 0 Å². The van der Waals surface area contributed by atoms with Crippen LogP contribution in [0.25, 0.3) is 10.9 Å². The molecular formula is C26H24N2O. The first-order chi connectivity index (χ1) is 14.2. The monoisotopic (exact) mass is 380 g/mol. The van der Waals surface area contributed by atoms with E-state index < -0.39 is 0 Å². The second-order valence-corrected chi connectivity index (χ2v) is 7.28. The maximum Gasteiger partial charge on any atom is 0.256 e. The van der Waals surface area contributed by atoms with Crippen LogP contribution >= 0.6 is 0 Å². The van der Waals surface area contributed by atoms with Crippen molar-refractivity contribution < 1.29 is 4.79 Å². The van der Waals surface area contributed by atoms with E-state index >= 15 is 0 Å².